The average molecular weight is 274 g/mol. The summed E-state index contributed by atoms with van der Waals surface area (Å²) >= 11 is 0. The van der Waals surface area contributed by atoms with Gasteiger partial charge in [0.05, 0.1) is 0 Å². The maximum absolute atomic E-state index is 12.3. The standard InChI is InChI=1S/C12H22N2O3S/c1-4-5-10-12(16)14(7-6-11(15)13-10)9(2)8-18(3)17/h9-10H,4-8H2,1-3H3,(H,13,15). The zero-order valence-electron chi connectivity index (χ0n) is 11.3. The molecule has 2 amide bonds. The van der Waals surface area contributed by atoms with Crippen molar-refractivity contribution >= 4 is 22.6 Å². The Morgan fingerprint density at radius 1 is 1.50 bits per heavy atom. The maximum atomic E-state index is 12.3. The summed E-state index contributed by atoms with van der Waals surface area (Å²) in [6.07, 6.45) is 3.46. The van der Waals surface area contributed by atoms with Gasteiger partial charge in [0, 0.05) is 41.8 Å². The van der Waals surface area contributed by atoms with Crippen LogP contribution in [0.5, 0.6) is 0 Å². The molecule has 0 aromatic heterocycles. The van der Waals surface area contributed by atoms with E-state index >= 15 is 0 Å². The summed E-state index contributed by atoms with van der Waals surface area (Å²) in [7, 11) is -0.941. The van der Waals surface area contributed by atoms with Crippen molar-refractivity contribution in [1.29, 1.82) is 0 Å². The molecule has 3 atom stereocenters. The van der Waals surface area contributed by atoms with Gasteiger partial charge in [0.25, 0.3) is 0 Å². The highest BCUT2D eigenvalue weighted by atomic mass is 32.2. The molecule has 0 spiro atoms. The molecule has 3 unspecified atom stereocenters. The number of hydrogen-bond donors (Lipinski definition) is 1. The number of hydrogen-bond acceptors (Lipinski definition) is 3. The number of nitrogens with one attached hydrogen (secondary N) is 1. The van der Waals surface area contributed by atoms with E-state index < -0.39 is 16.8 Å². The van der Waals surface area contributed by atoms with Gasteiger partial charge in [0.1, 0.15) is 6.04 Å². The van der Waals surface area contributed by atoms with Crippen LogP contribution in [0.3, 0.4) is 0 Å². The summed E-state index contributed by atoms with van der Waals surface area (Å²) in [5.41, 5.74) is 0. The lowest BCUT2D eigenvalue weighted by Crippen LogP contribution is -2.48. The number of carbonyl (C=O) groups excluding carboxylic acids is 2. The van der Waals surface area contributed by atoms with Gasteiger partial charge in [0.2, 0.25) is 11.8 Å². The van der Waals surface area contributed by atoms with Crippen molar-refractivity contribution in [3.63, 3.8) is 0 Å². The van der Waals surface area contributed by atoms with Crippen LogP contribution in [0.1, 0.15) is 33.1 Å². The van der Waals surface area contributed by atoms with E-state index in [4.69, 9.17) is 0 Å². The van der Waals surface area contributed by atoms with E-state index in [-0.39, 0.29) is 17.9 Å². The minimum absolute atomic E-state index is 0.0411. The van der Waals surface area contributed by atoms with Gasteiger partial charge in [-0.3, -0.25) is 13.8 Å². The highest BCUT2D eigenvalue weighted by molar-refractivity contribution is 7.84. The lowest BCUT2D eigenvalue weighted by molar-refractivity contribution is -0.135. The Labute approximate surface area is 111 Å². The van der Waals surface area contributed by atoms with Crippen LogP contribution in [0.25, 0.3) is 0 Å². The van der Waals surface area contributed by atoms with E-state index in [1.807, 2.05) is 13.8 Å². The summed E-state index contributed by atoms with van der Waals surface area (Å²) in [5, 5.41) is 2.76. The Hall–Kier alpha value is -0.910. The lowest BCUT2D eigenvalue weighted by Gasteiger charge is -2.29. The molecule has 1 saturated heterocycles. The predicted molar refractivity (Wildman–Crippen MR) is 71.6 cm³/mol. The van der Waals surface area contributed by atoms with Gasteiger partial charge in [-0.2, -0.15) is 0 Å². The number of rotatable bonds is 5. The quantitative estimate of drug-likeness (QED) is 0.782. The summed E-state index contributed by atoms with van der Waals surface area (Å²) in [6, 6.07) is -0.506. The average Bonchev–Trinajstić information content (AvgIpc) is 2.39. The molecule has 0 bridgehead atoms. The molecule has 104 valence electrons. The van der Waals surface area contributed by atoms with Crippen molar-refractivity contribution < 1.29 is 13.8 Å². The van der Waals surface area contributed by atoms with E-state index in [1.54, 1.807) is 11.2 Å². The van der Waals surface area contributed by atoms with Crippen molar-refractivity contribution in [1.82, 2.24) is 10.2 Å². The summed E-state index contributed by atoms with van der Waals surface area (Å²) in [4.78, 5) is 25.6. The van der Waals surface area contributed by atoms with E-state index in [0.717, 1.165) is 6.42 Å². The molecule has 18 heavy (non-hydrogen) atoms. The monoisotopic (exact) mass is 274 g/mol. The molecule has 5 nitrogen and oxygen atoms in total. The molecule has 0 aromatic rings. The summed E-state index contributed by atoms with van der Waals surface area (Å²) in [5.74, 6) is 0.341. The second-order valence-electron chi connectivity index (χ2n) is 4.78. The first-order valence-electron chi connectivity index (χ1n) is 6.35. The number of amides is 2. The Balaban J connectivity index is 2.79. The van der Waals surface area contributed by atoms with Crippen LogP contribution in [0.4, 0.5) is 0 Å². The molecule has 0 aromatic carbocycles. The van der Waals surface area contributed by atoms with Gasteiger partial charge < -0.3 is 10.2 Å². The van der Waals surface area contributed by atoms with E-state index in [9.17, 15) is 13.8 Å². The molecule has 1 aliphatic heterocycles. The SMILES string of the molecule is CCCC1NC(=O)CCN(C(C)CS(C)=O)C1=O. The molecule has 1 fully saturated rings. The Bertz CT molecular complexity index is 346. The molecule has 1 aliphatic rings. The zero-order valence-corrected chi connectivity index (χ0v) is 12.1. The van der Waals surface area contributed by atoms with Crippen molar-refractivity contribution in [3.05, 3.63) is 0 Å². The third-order valence-corrected chi connectivity index (χ3v) is 4.03. The fourth-order valence-electron chi connectivity index (χ4n) is 2.21. The fraction of sp³-hybridized carbons (Fsp3) is 0.833. The number of carbonyl (C=O) groups is 2. The maximum Gasteiger partial charge on any atom is 0.245 e. The van der Waals surface area contributed by atoms with Crippen LogP contribution >= 0.6 is 0 Å². The lowest BCUT2D eigenvalue weighted by atomic mass is 10.1. The topological polar surface area (TPSA) is 66.5 Å². The second kappa shape index (κ2) is 6.87. The molecule has 0 saturated carbocycles. The van der Waals surface area contributed by atoms with Crippen molar-refractivity contribution in [2.24, 2.45) is 0 Å². The van der Waals surface area contributed by atoms with Crippen molar-refractivity contribution in [2.75, 3.05) is 18.6 Å². The Morgan fingerprint density at radius 3 is 2.72 bits per heavy atom. The molecular formula is C12H22N2O3S. The normalized spacial score (nSPS) is 24.4. The zero-order chi connectivity index (χ0) is 13.7. The van der Waals surface area contributed by atoms with Crippen LogP contribution in [0.2, 0.25) is 0 Å². The number of nitrogens with zero attached hydrogens (tertiary/aromatic N) is 1. The summed E-state index contributed by atoms with van der Waals surface area (Å²) < 4.78 is 11.3. The predicted octanol–water partition coefficient (Wildman–Crippen LogP) is 0.271. The van der Waals surface area contributed by atoms with Crippen LogP contribution < -0.4 is 5.32 Å². The van der Waals surface area contributed by atoms with Gasteiger partial charge in [0.15, 0.2) is 0 Å². The Kier molecular flexibility index (Phi) is 5.78. The van der Waals surface area contributed by atoms with Crippen LogP contribution in [-0.2, 0) is 20.4 Å². The first-order chi connectivity index (χ1) is 8.45. The highest BCUT2D eigenvalue weighted by Crippen LogP contribution is 2.12. The largest absolute Gasteiger partial charge is 0.344 e. The molecule has 0 aliphatic carbocycles. The third-order valence-electron chi connectivity index (χ3n) is 3.08. The molecule has 1 heterocycles. The second-order valence-corrected chi connectivity index (χ2v) is 6.26. The van der Waals surface area contributed by atoms with Gasteiger partial charge in [-0.05, 0) is 13.3 Å². The van der Waals surface area contributed by atoms with Crippen LogP contribution in [0, 0.1) is 0 Å². The fourth-order valence-corrected chi connectivity index (χ4v) is 3.07. The van der Waals surface area contributed by atoms with E-state index in [1.165, 1.54) is 0 Å². The van der Waals surface area contributed by atoms with Crippen LogP contribution in [0.15, 0.2) is 0 Å². The van der Waals surface area contributed by atoms with E-state index in [2.05, 4.69) is 5.32 Å². The minimum atomic E-state index is -0.941. The van der Waals surface area contributed by atoms with Gasteiger partial charge in [-0.1, -0.05) is 13.3 Å². The smallest absolute Gasteiger partial charge is 0.245 e. The van der Waals surface area contributed by atoms with E-state index in [0.29, 0.717) is 25.1 Å². The Morgan fingerprint density at radius 2 is 2.17 bits per heavy atom. The molecule has 0 radical (unpaired) electrons. The summed E-state index contributed by atoms with van der Waals surface area (Å²) in [6.45, 7) is 4.29. The molecule has 6 heteroatoms. The molecular weight excluding hydrogens is 252 g/mol. The molecule has 1 rings (SSSR count). The first-order valence-corrected chi connectivity index (χ1v) is 8.08. The van der Waals surface area contributed by atoms with Crippen molar-refractivity contribution in [3.8, 4) is 0 Å². The molecule has 1 N–H and O–H groups in total. The highest BCUT2D eigenvalue weighted by Gasteiger charge is 2.31. The minimum Gasteiger partial charge on any atom is -0.344 e. The first kappa shape index (κ1) is 15.1. The third kappa shape index (κ3) is 4.08. The van der Waals surface area contributed by atoms with Gasteiger partial charge in [-0.15, -0.1) is 0 Å². The van der Waals surface area contributed by atoms with Gasteiger partial charge in [-0.25, -0.2) is 0 Å². The van der Waals surface area contributed by atoms with Crippen molar-refractivity contribution in [2.45, 2.75) is 45.2 Å². The van der Waals surface area contributed by atoms with Gasteiger partial charge >= 0.3 is 0 Å². The van der Waals surface area contributed by atoms with Crippen LogP contribution in [-0.4, -0.2) is 51.6 Å².